The van der Waals surface area contributed by atoms with Crippen molar-refractivity contribution in [3.8, 4) is 0 Å². The maximum atomic E-state index is 13.3. The Bertz CT molecular complexity index is 307. The van der Waals surface area contributed by atoms with Crippen LogP contribution in [0.3, 0.4) is 0 Å². The molecule has 1 aromatic carbocycles. The lowest BCUT2D eigenvalue weighted by Gasteiger charge is -2.12. The summed E-state index contributed by atoms with van der Waals surface area (Å²) in [6.45, 7) is 5.54. The predicted molar refractivity (Wildman–Crippen MR) is 52.9 cm³/mol. The van der Waals surface area contributed by atoms with Gasteiger partial charge in [0.2, 0.25) is 0 Å². The summed E-state index contributed by atoms with van der Waals surface area (Å²) in [6.07, 6.45) is 2.34. The van der Waals surface area contributed by atoms with E-state index in [0.717, 1.165) is 12.0 Å². The maximum Gasteiger partial charge on any atom is 0.128 e. The first-order valence-corrected chi connectivity index (χ1v) is 4.36. The fraction of sp³-hybridized carbons (Fsp3) is 0.273. The lowest BCUT2D eigenvalue weighted by atomic mass is 9.98. The lowest BCUT2D eigenvalue weighted by Crippen LogP contribution is -2.11. The summed E-state index contributed by atoms with van der Waals surface area (Å²) in [7, 11) is 0. The highest BCUT2D eigenvalue weighted by atomic mass is 19.1. The van der Waals surface area contributed by atoms with Crippen LogP contribution in [0.1, 0.15) is 24.1 Å². The van der Waals surface area contributed by atoms with Gasteiger partial charge in [-0.25, -0.2) is 4.39 Å². The third-order valence-corrected chi connectivity index (χ3v) is 2.11. The molecular weight excluding hydrogens is 165 g/mol. The normalized spacial score (nSPS) is 12.5. The van der Waals surface area contributed by atoms with Crippen LogP contribution in [-0.4, -0.2) is 0 Å². The van der Waals surface area contributed by atoms with Crippen molar-refractivity contribution in [2.45, 2.75) is 19.4 Å². The molecule has 0 aliphatic heterocycles. The van der Waals surface area contributed by atoms with E-state index in [2.05, 4.69) is 6.58 Å². The van der Waals surface area contributed by atoms with Crippen LogP contribution >= 0.6 is 0 Å². The van der Waals surface area contributed by atoms with Crippen molar-refractivity contribution >= 4 is 0 Å². The highest BCUT2D eigenvalue weighted by molar-refractivity contribution is 5.33. The summed E-state index contributed by atoms with van der Waals surface area (Å²) in [6, 6.07) is 4.61. The fourth-order valence-electron chi connectivity index (χ4n) is 1.38. The molecule has 0 aromatic heterocycles. The second-order valence-electron chi connectivity index (χ2n) is 2.93. The summed E-state index contributed by atoms with van der Waals surface area (Å²) in [5, 5.41) is 0. The molecule has 13 heavy (non-hydrogen) atoms. The number of benzene rings is 1. The largest absolute Gasteiger partial charge is 0.321 e. The zero-order valence-corrected chi connectivity index (χ0v) is 7.76. The Labute approximate surface area is 78.1 Å². The Kier molecular flexibility index (Phi) is 3.20. The van der Waals surface area contributed by atoms with Gasteiger partial charge in [-0.05, 0) is 18.1 Å². The van der Waals surface area contributed by atoms with Gasteiger partial charge in [0.05, 0.1) is 6.04 Å². The Morgan fingerprint density at radius 2 is 2.31 bits per heavy atom. The van der Waals surface area contributed by atoms with Crippen LogP contribution in [0.25, 0.3) is 0 Å². The van der Waals surface area contributed by atoms with E-state index in [9.17, 15) is 4.39 Å². The quantitative estimate of drug-likeness (QED) is 0.709. The van der Waals surface area contributed by atoms with Crippen LogP contribution in [0.4, 0.5) is 4.39 Å². The summed E-state index contributed by atoms with van der Waals surface area (Å²) in [5.74, 6) is -0.244. The van der Waals surface area contributed by atoms with Crippen LogP contribution in [0, 0.1) is 5.82 Å². The van der Waals surface area contributed by atoms with Gasteiger partial charge in [0.25, 0.3) is 0 Å². The summed E-state index contributed by atoms with van der Waals surface area (Å²) in [5.41, 5.74) is 7.23. The fourth-order valence-corrected chi connectivity index (χ4v) is 1.38. The molecule has 0 aliphatic rings. The van der Waals surface area contributed by atoms with E-state index in [1.807, 2.05) is 13.0 Å². The summed E-state index contributed by atoms with van der Waals surface area (Å²) < 4.78 is 13.3. The van der Waals surface area contributed by atoms with Gasteiger partial charge in [0.1, 0.15) is 5.82 Å². The van der Waals surface area contributed by atoms with Crippen molar-refractivity contribution < 1.29 is 4.39 Å². The first-order chi connectivity index (χ1) is 6.20. The van der Waals surface area contributed by atoms with Crippen molar-refractivity contribution in [1.82, 2.24) is 0 Å². The molecule has 0 bridgehead atoms. The number of hydrogen-bond donors (Lipinski definition) is 1. The van der Waals surface area contributed by atoms with Gasteiger partial charge in [-0.1, -0.05) is 25.1 Å². The van der Waals surface area contributed by atoms with Gasteiger partial charge in [-0.3, -0.25) is 0 Å². The van der Waals surface area contributed by atoms with Crippen LogP contribution in [0.2, 0.25) is 0 Å². The molecule has 2 heteroatoms. The Balaban J connectivity index is 3.22. The van der Waals surface area contributed by atoms with E-state index in [-0.39, 0.29) is 5.82 Å². The minimum atomic E-state index is -0.406. The molecule has 0 spiro atoms. The number of hydrogen-bond acceptors (Lipinski definition) is 1. The van der Waals surface area contributed by atoms with Crippen molar-refractivity contribution in [2.75, 3.05) is 0 Å². The maximum absolute atomic E-state index is 13.3. The molecule has 1 atom stereocenters. The van der Waals surface area contributed by atoms with Crippen molar-refractivity contribution in [1.29, 1.82) is 0 Å². The van der Waals surface area contributed by atoms with E-state index in [4.69, 9.17) is 5.73 Å². The van der Waals surface area contributed by atoms with Crippen molar-refractivity contribution in [2.24, 2.45) is 5.73 Å². The molecule has 0 heterocycles. The molecule has 70 valence electrons. The predicted octanol–water partition coefficient (Wildman–Crippen LogP) is 2.57. The van der Waals surface area contributed by atoms with Crippen LogP contribution in [-0.2, 0) is 6.42 Å². The summed E-state index contributed by atoms with van der Waals surface area (Å²) in [4.78, 5) is 0. The molecule has 0 aliphatic carbocycles. The Hall–Kier alpha value is -1.15. The van der Waals surface area contributed by atoms with Gasteiger partial charge in [-0.2, -0.15) is 0 Å². The number of aryl methyl sites for hydroxylation is 1. The first kappa shape index (κ1) is 9.93. The highest BCUT2D eigenvalue weighted by Crippen LogP contribution is 2.20. The monoisotopic (exact) mass is 179 g/mol. The number of rotatable bonds is 3. The molecule has 0 radical (unpaired) electrons. The van der Waals surface area contributed by atoms with Crippen LogP contribution in [0.15, 0.2) is 30.9 Å². The molecule has 1 unspecified atom stereocenters. The molecule has 0 saturated heterocycles. The van der Waals surface area contributed by atoms with E-state index in [1.165, 1.54) is 6.07 Å². The summed E-state index contributed by atoms with van der Waals surface area (Å²) >= 11 is 0. The van der Waals surface area contributed by atoms with Gasteiger partial charge >= 0.3 is 0 Å². The van der Waals surface area contributed by atoms with E-state index in [0.29, 0.717) is 5.56 Å². The molecule has 1 nitrogen and oxygen atoms in total. The molecule has 0 fully saturated rings. The SMILES string of the molecule is C=CC(N)c1c(F)cccc1CC. The lowest BCUT2D eigenvalue weighted by molar-refractivity contribution is 0.598. The topological polar surface area (TPSA) is 26.0 Å². The molecule has 0 saturated carbocycles. The minimum Gasteiger partial charge on any atom is -0.321 e. The second kappa shape index (κ2) is 4.19. The van der Waals surface area contributed by atoms with E-state index in [1.54, 1.807) is 12.1 Å². The van der Waals surface area contributed by atoms with E-state index < -0.39 is 6.04 Å². The van der Waals surface area contributed by atoms with Gasteiger partial charge < -0.3 is 5.73 Å². The standard InChI is InChI=1S/C11H14FN/c1-3-8-6-5-7-9(12)11(8)10(13)4-2/h4-7,10H,2-3,13H2,1H3. The minimum absolute atomic E-state index is 0.244. The average molecular weight is 179 g/mol. The molecule has 2 N–H and O–H groups in total. The highest BCUT2D eigenvalue weighted by Gasteiger charge is 2.11. The van der Waals surface area contributed by atoms with Crippen LogP contribution in [0.5, 0.6) is 0 Å². The zero-order valence-electron chi connectivity index (χ0n) is 7.76. The molecular formula is C11H14FN. The first-order valence-electron chi connectivity index (χ1n) is 4.36. The van der Waals surface area contributed by atoms with Gasteiger partial charge in [0, 0.05) is 5.56 Å². The average Bonchev–Trinajstić information content (AvgIpc) is 2.16. The molecule has 1 aromatic rings. The third-order valence-electron chi connectivity index (χ3n) is 2.11. The second-order valence-corrected chi connectivity index (χ2v) is 2.93. The molecule has 0 amide bonds. The van der Waals surface area contributed by atoms with Crippen molar-refractivity contribution in [3.63, 3.8) is 0 Å². The number of halogens is 1. The van der Waals surface area contributed by atoms with Gasteiger partial charge in [0.15, 0.2) is 0 Å². The van der Waals surface area contributed by atoms with E-state index >= 15 is 0 Å². The van der Waals surface area contributed by atoms with Crippen molar-refractivity contribution in [3.05, 3.63) is 47.8 Å². The zero-order chi connectivity index (χ0) is 9.84. The van der Waals surface area contributed by atoms with Crippen LogP contribution < -0.4 is 5.73 Å². The Morgan fingerprint density at radius 3 is 2.85 bits per heavy atom. The molecule has 1 rings (SSSR count). The van der Waals surface area contributed by atoms with Gasteiger partial charge in [-0.15, -0.1) is 6.58 Å². The smallest absolute Gasteiger partial charge is 0.128 e. The third kappa shape index (κ3) is 1.95. The number of nitrogens with two attached hydrogens (primary N) is 1. The Morgan fingerprint density at radius 1 is 1.62 bits per heavy atom.